The Labute approximate surface area is 172 Å². The topological polar surface area (TPSA) is 104 Å². The number of allylic oxidation sites excluding steroid dienone is 2. The number of aromatic nitrogens is 2. The fraction of sp³-hybridized carbons (Fsp3) is 0.0870. The molecule has 0 radical (unpaired) electrons. The van der Waals surface area contributed by atoms with Crippen molar-refractivity contribution < 1.29 is 14.7 Å². The molecule has 0 aliphatic heterocycles. The second-order valence-corrected chi connectivity index (χ2v) is 7.01. The first-order valence-corrected chi connectivity index (χ1v) is 9.34. The molecule has 0 saturated carbocycles. The molecule has 30 heavy (non-hydrogen) atoms. The fourth-order valence-electron chi connectivity index (χ4n) is 3.28. The van der Waals surface area contributed by atoms with Gasteiger partial charge >= 0.3 is 5.69 Å². The van der Waals surface area contributed by atoms with Crippen molar-refractivity contribution in [3.63, 3.8) is 0 Å². The molecule has 4 rings (SSSR count). The van der Waals surface area contributed by atoms with E-state index >= 15 is 0 Å². The van der Waals surface area contributed by atoms with Crippen LogP contribution in [0.5, 0.6) is 5.88 Å². The fourth-order valence-corrected chi connectivity index (χ4v) is 3.28. The largest absolute Gasteiger partial charge is 0.493 e. The highest BCUT2D eigenvalue weighted by Crippen LogP contribution is 2.29. The predicted octanol–water partition coefficient (Wildman–Crippen LogP) is 2.97. The van der Waals surface area contributed by atoms with E-state index in [1.807, 2.05) is 37.3 Å². The molecule has 3 aromatic rings. The molecule has 0 atom stereocenters. The summed E-state index contributed by atoms with van der Waals surface area (Å²) in [5, 5.41) is 13.2. The number of anilines is 1. The van der Waals surface area contributed by atoms with Crippen LogP contribution in [0.2, 0.25) is 0 Å². The van der Waals surface area contributed by atoms with Crippen molar-refractivity contribution in [2.45, 2.75) is 13.5 Å². The van der Waals surface area contributed by atoms with Crippen LogP contribution < -0.4 is 11.0 Å². The molecule has 1 heterocycles. The van der Waals surface area contributed by atoms with Crippen molar-refractivity contribution >= 4 is 35.1 Å². The Morgan fingerprint density at radius 3 is 2.60 bits per heavy atom. The molecule has 7 heteroatoms. The van der Waals surface area contributed by atoms with E-state index in [4.69, 9.17) is 0 Å². The van der Waals surface area contributed by atoms with E-state index in [0.717, 1.165) is 15.7 Å². The number of hydrogen-bond donors (Lipinski definition) is 3. The van der Waals surface area contributed by atoms with Crippen LogP contribution in [-0.4, -0.2) is 26.3 Å². The Morgan fingerprint density at radius 1 is 1.10 bits per heavy atom. The number of carbonyl (C=O) groups excluding carboxylic acids is 2. The summed E-state index contributed by atoms with van der Waals surface area (Å²) in [5.74, 6) is -1.11. The summed E-state index contributed by atoms with van der Waals surface area (Å²) in [6, 6.07) is 14.5. The van der Waals surface area contributed by atoms with Crippen molar-refractivity contribution in [1.29, 1.82) is 0 Å². The molecule has 0 bridgehead atoms. The SMILES string of the molecule is Cc1ccc(NC(=O)Cn2c(O)c(C=C3C(=O)C=Cc4ccccc43)[nH]c2=O)cc1. The summed E-state index contributed by atoms with van der Waals surface area (Å²) < 4.78 is 0.922. The van der Waals surface area contributed by atoms with Gasteiger partial charge in [-0.2, -0.15) is 0 Å². The Morgan fingerprint density at radius 2 is 1.83 bits per heavy atom. The molecule has 150 valence electrons. The minimum absolute atomic E-state index is 0.0663. The number of fused-ring (bicyclic) bond motifs is 1. The standard InChI is InChI=1S/C23H19N3O4/c1-14-6-9-16(10-7-14)24-21(28)13-26-22(29)19(25-23(26)30)12-18-17-5-3-2-4-15(17)8-11-20(18)27/h2-12,29H,13H2,1H3,(H,24,28)(H,25,30). The van der Waals surface area contributed by atoms with Crippen molar-refractivity contribution in [1.82, 2.24) is 9.55 Å². The number of imidazole rings is 1. The van der Waals surface area contributed by atoms with Gasteiger partial charge in [0.05, 0.1) is 0 Å². The molecule has 3 N–H and O–H groups in total. The molecule has 0 fully saturated rings. The summed E-state index contributed by atoms with van der Waals surface area (Å²) in [7, 11) is 0. The van der Waals surface area contributed by atoms with Crippen LogP contribution >= 0.6 is 0 Å². The van der Waals surface area contributed by atoms with Crippen LogP contribution in [0.25, 0.3) is 17.7 Å². The third-order valence-electron chi connectivity index (χ3n) is 4.84. The molecule has 1 amide bonds. The summed E-state index contributed by atoms with van der Waals surface area (Å²) in [6.07, 6.45) is 4.59. The second kappa shape index (κ2) is 7.71. The van der Waals surface area contributed by atoms with Crippen LogP contribution in [0.15, 0.2) is 59.4 Å². The Bertz CT molecular complexity index is 1260. The van der Waals surface area contributed by atoms with E-state index in [0.29, 0.717) is 16.8 Å². The van der Waals surface area contributed by atoms with Gasteiger partial charge < -0.3 is 15.4 Å². The molecule has 1 aliphatic carbocycles. The maximum absolute atomic E-state index is 12.4. The van der Waals surface area contributed by atoms with Gasteiger partial charge in [-0.25, -0.2) is 4.79 Å². The molecule has 7 nitrogen and oxygen atoms in total. The van der Waals surface area contributed by atoms with Gasteiger partial charge in [0.1, 0.15) is 12.2 Å². The van der Waals surface area contributed by atoms with Crippen molar-refractivity contribution in [3.8, 4) is 5.88 Å². The zero-order valence-corrected chi connectivity index (χ0v) is 16.2. The van der Waals surface area contributed by atoms with E-state index in [-0.39, 0.29) is 18.0 Å². The highest BCUT2D eigenvalue weighted by molar-refractivity contribution is 6.33. The lowest BCUT2D eigenvalue weighted by Crippen LogP contribution is -2.25. The molecular formula is C23H19N3O4. The van der Waals surface area contributed by atoms with E-state index < -0.39 is 17.5 Å². The molecule has 0 spiro atoms. The second-order valence-electron chi connectivity index (χ2n) is 7.01. The lowest BCUT2D eigenvalue weighted by molar-refractivity contribution is -0.117. The number of amides is 1. The van der Waals surface area contributed by atoms with Crippen LogP contribution in [0.1, 0.15) is 22.4 Å². The third kappa shape index (κ3) is 3.73. The van der Waals surface area contributed by atoms with Gasteiger partial charge in [0.25, 0.3) is 0 Å². The number of hydrogen-bond acceptors (Lipinski definition) is 4. The third-order valence-corrected chi connectivity index (χ3v) is 4.84. The highest BCUT2D eigenvalue weighted by atomic mass is 16.3. The first kappa shape index (κ1) is 19.2. The average Bonchev–Trinajstić information content (AvgIpc) is 2.99. The van der Waals surface area contributed by atoms with Gasteiger partial charge in [-0.1, -0.05) is 48.0 Å². The van der Waals surface area contributed by atoms with Crippen molar-refractivity contribution in [3.05, 3.63) is 87.5 Å². The van der Waals surface area contributed by atoms with E-state index in [9.17, 15) is 19.5 Å². The van der Waals surface area contributed by atoms with Gasteiger partial charge in [-0.15, -0.1) is 0 Å². The van der Waals surface area contributed by atoms with E-state index in [1.54, 1.807) is 24.3 Å². The Hall–Kier alpha value is -4.13. The van der Waals surface area contributed by atoms with Crippen LogP contribution in [0, 0.1) is 6.92 Å². The summed E-state index contributed by atoms with van der Waals surface area (Å²) in [6.45, 7) is 1.56. The number of carbonyl (C=O) groups is 2. The average molecular weight is 401 g/mol. The first-order valence-electron chi connectivity index (χ1n) is 9.34. The first-order chi connectivity index (χ1) is 14.4. The molecule has 0 unspecified atom stereocenters. The highest BCUT2D eigenvalue weighted by Gasteiger charge is 2.20. The number of rotatable bonds is 4. The molecule has 2 aromatic carbocycles. The van der Waals surface area contributed by atoms with Crippen LogP contribution in [-0.2, 0) is 16.1 Å². The normalized spacial score (nSPS) is 14.0. The van der Waals surface area contributed by atoms with Gasteiger partial charge in [0.15, 0.2) is 5.78 Å². The molecule has 1 aliphatic rings. The van der Waals surface area contributed by atoms with Gasteiger partial charge in [0.2, 0.25) is 11.8 Å². The van der Waals surface area contributed by atoms with E-state index in [2.05, 4.69) is 10.3 Å². The minimum Gasteiger partial charge on any atom is -0.493 e. The monoisotopic (exact) mass is 401 g/mol. The smallest absolute Gasteiger partial charge is 0.329 e. The Balaban J connectivity index is 1.61. The maximum Gasteiger partial charge on any atom is 0.329 e. The van der Waals surface area contributed by atoms with Gasteiger partial charge in [-0.05, 0) is 42.3 Å². The Kier molecular flexibility index (Phi) is 4.93. The number of nitrogens with zero attached hydrogens (tertiary/aromatic N) is 1. The lowest BCUT2D eigenvalue weighted by Gasteiger charge is -2.12. The summed E-state index contributed by atoms with van der Waals surface area (Å²) in [4.78, 5) is 39.5. The lowest BCUT2D eigenvalue weighted by atomic mass is 9.91. The number of H-pyrrole nitrogens is 1. The number of benzene rings is 2. The number of ketones is 1. The van der Waals surface area contributed by atoms with Gasteiger partial charge in [0, 0.05) is 11.3 Å². The number of aromatic amines is 1. The quantitative estimate of drug-likeness (QED) is 0.585. The summed E-state index contributed by atoms with van der Waals surface area (Å²) >= 11 is 0. The van der Waals surface area contributed by atoms with Crippen molar-refractivity contribution in [2.24, 2.45) is 0 Å². The minimum atomic E-state index is -0.648. The van der Waals surface area contributed by atoms with E-state index in [1.165, 1.54) is 12.2 Å². The molecule has 1 aromatic heterocycles. The molecule has 0 saturated heterocycles. The zero-order chi connectivity index (χ0) is 21.3. The summed E-state index contributed by atoms with van der Waals surface area (Å²) in [5.41, 5.74) is 2.98. The van der Waals surface area contributed by atoms with Crippen LogP contribution in [0.3, 0.4) is 0 Å². The predicted molar refractivity (Wildman–Crippen MR) is 115 cm³/mol. The number of aryl methyl sites for hydroxylation is 1. The zero-order valence-electron chi connectivity index (χ0n) is 16.2. The maximum atomic E-state index is 12.4. The molecular weight excluding hydrogens is 382 g/mol. The van der Waals surface area contributed by atoms with Crippen molar-refractivity contribution in [2.75, 3.05) is 5.32 Å². The number of aromatic hydroxyl groups is 1. The number of nitrogens with one attached hydrogen (secondary N) is 2. The van der Waals surface area contributed by atoms with Crippen LogP contribution in [0.4, 0.5) is 5.69 Å². The van der Waals surface area contributed by atoms with Gasteiger partial charge in [-0.3, -0.25) is 14.2 Å².